The molecule has 222 valence electrons. The van der Waals surface area contributed by atoms with Crippen LogP contribution in [-0.4, -0.2) is 0 Å². The van der Waals surface area contributed by atoms with Crippen LogP contribution in [0.1, 0.15) is 22.3 Å². The molecule has 0 radical (unpaired) electrons. The van der Waals surface area contributed by atoms with Gasteiger partial charge in [0.2, 0.25) is 0 Å². The Kier molecular flexibility index (Phi) is 6.50. The smallest absolute Gasteiger partial charge is 0.0647 e. The van der Waals surface area contributed by atoms with Gasteiger partial charge in [0.1, 0.15) is 0 Å². The first-order valence-electron chi connectivity index (χ1n) is 16.4. The number of benzene rings is 7. The van der Waals surface area contributed by atoms with Gasteiger partial charge in [-0.1, -0.05) is 152 Å². The highest BCUT2D eigenvalue weighted by Crippen LogP contribution is 2.56. The molecule has 1 nitrogen and oxygen atoms in total. The lowest BCUT2D eigenvalue weighted by atomic mass is 9.68. The Morgan fingerprint density at radius 3 is 1.51 bits per heavy atom. The fourth-order valence-electron chi connectivity index (χ4n) is 7.76. The Bertz CT molecular complexity index is 2160. The number of anilines is 3. The highest BCUT2D eigenvalue weighted by Gasteiger charge is 2.45. The summed E-state index contributed by atoms with van der Waals surface area (Å²) in [5.41, 5.74) is 16.0. The van der Waals surface area contributed by atoms with Gasteiger partial charge in [-0.3, -0.25) is 0 Å². The third-order valence-corrected chi connectivity index (χ3v) is 9.94. The van der Waals surface area contributed by atoms with Crippen molar-refractivity contribution in [2.45, 2.75) is 11.8 Å². The topological polar surface area (TPSA) is 3.24 Å². The second-order valence-corrected chi connectivity index (χ2v) is 12.5. The number of hydrogen-bond donors (Lipinski definition) is 0. The lowest BCUT2D eigenvalue weighted by Crippen LogP contribution is -2.28. The first kappa shape index (κ1) is 27.4. The Balaban J connectivity index is 1.22. The molecule has 2 aliphatic rings. The molecule has 1 atom stereocenters. The van der Waals surface area contributed by atoms with Gasteiger partial charge in [-0.05, 0) is 98.5 Å². The van der Waals surface area contributed by atoms with Crippen molar-refractivity contribution in [3.05, 3.63) is 210 Å². The molecule has 0 heterocycles. The summed E-state index contributed by atoms with van der Waals surface area (Å²) in [4.78, 5) is 2.40. The molecule has 1 unspecified atom stereocenters. The second kappa shape index (κ2) is 11.2. The van der Waals surface area contributed by atoms with Crippen molar-refractivity contribution in [2.75, 3.05) is 4.90 Å². The second-order valence-electron chi connectivity index (χ2n) is 12.5. The van der Waals surface area contributed by atoms with Crippen LogP contribution in [0.15, 0.2) is 188 Å². The molecule has 0 saturated heterocycles. The van der Waals surface area contributed by atoms with Crippen LogP contribution >= 0.6 is 0 Å². The molecule has 2 aliphatic carbocycles. The van der Waals surface area contributed by atoms with Crippen LogP contribution in [0.3, 0.4) is 0 Å². The minimum Gasteiger partial charge on any atom is -0.310 e. The minimum atomic E-state index is -0.323. The maximum Gasteiger partial charge on any atom is 0.0647 e. The SMILES string of the molecule is C1=CC2(c3ccccc3C1)c1ccccc1-c1ccc(N(c3ccc(-c4ccccc4)cc3)c3ccc(-c4ccccc4)cc3)cc12. The average molecular weight is 600 g/mol. The molecule has 0 bridgehead atoms. The largest absolute Gasteiger partial charge is 0.310 e. The first-order valence-corrected chi connectivity index (χ1v) is 16.4. The summed E-state index contributed by atoms with van der Waals surface area (Å²) in [5, 5.41) is 0. The predicted molar refractivity (Wildman–Crippen MR) is 197 cm³/mol. The fourth-order valence-corrected chi connectivity index (χ4v) is 7.76. The first-order chi connectivity index (χ1) is 23.3. The van der Waals surface area contributed by atoms with Gasteiger partial charge in [0.05, 0.1) is 5.41 Å². The molecule has 47 heavy (non-hydrogen) atoms. The molecule has 7 aromatic carbocycles. The van der Waals surface area contributed by atoms with Crippen molar-refractivity contribution in [2.24, 2.45) is 0 Å². The third kappa shape index (κ3) is 4.47. The van der Waals surface area contributed by atoms with Crippen LogP contribution in [-0.2, 0) is 11.8 Å². The molecule has 0 N–H and O–H groups in total. The predicted octanol–water partition coefficient (Wildman–Crippen LogP) is 11.9. The van der Waals surface area contributed by atoms with Crippen molar-refractivity contribution >= 4 is 17.1 Å². The van der Waals surface area contributed by atoms with Gasteiger partial charge < -0.3 is 4.90 Å². The Hall–Kier alpha value is -5.92. The van der Waals surface area contributed by atoms with Crippen molar-refractivity contribution in [3.63, 3.8) is 0 Å². The molecule has 0 saturated carbocycles. The van der Waals surface area contributed by atoms with E-state index in [1.807, 2.05) is 0 Å². The number of rotatable bonds is 5. The van der Waals surface area contributed by atoms with Crippen LogP contribution in [0, 0.1) is 0 Å². The Morgan fingerprint density at radius 2 is 0.872 bits per heavy atom. The van der Waals surface area contributed by atoms with E-state index in [0.717, 1.165) is 23.5 Å². The van der Waals surface area contributed by atoms with Crippen LogP contribution in [0.5, 0.6) is 0 Å². The summed E-state index contributed by atoms with van der Waals surface area (Å²) in [6, 6.07) is 64.2. The van der Waals surface area contributed by atoms with Gasteiger partial charge in [0.15, 0.2) is 0 Å². The van der Waals surface area contributed by atoms with Crippen LogP contribution in [0.25, 0.3) is 33.4 Å². The van der Waals surface area contributed by atoms with E-state index in [9.17, 15) is 0 Å². The quantitative estimate of drug-likeness (QED) is 0.178. The summed E-state index contributed by atoms with van der Waals surface area (Å²) in [7, 11) is 0. The molecule has 0 aromatic heterocycles. The van der Waals surface area contributed by atoms with Crippen LogP contribution < -0.4 is 4.90 Å². The van der Waals surface area contributed by atoms with Crippen molar-refractivity contribution in [1.29, 1.82) is 0 Å². The number of fused-ring (bicyclic) bond motifs is 7. The molecule has 1 spiro atoms. The Morgan fingerprint density at radius 1 is 0.383 bits per heavy atom. The standard InChI is InChI=1S/C46H33N/c1-3-12-33(13-4-1)35-21-25-38(26-22-35)47(39-27-23-36(24-28-39)34-14-5-2-6-15-34)40-29-30-42-41-18-8-10-20-44(41)46(45(42)32-40)31-11-17-37-16-7-9-19-43(37)46/h1-16,18-32H,17H2. The lowest BCUT2D eigenvalue weighted by molar-refractivity contribution is 0.770. The fraction of sp³-hybridized carbons (Fsp3) is 0.0435. The van der Waals surface area contributed by atoms with E-state index in [1.54, 1.807) is 0 Å². The van der Waals surface area contributed by atoms with Gasteiger partial charge >= 0.3 is 0 Å². The monoisotopic (exact) mass is 599 g/mol. The lowest BCUT2D eigenvalue weighted by Gasteiger charge is -2.35. The summed E-state index contributed by atoms with van der Waals surface area (Å²) < 4.78 is 0. The molecule has 7 aromatic rings. The third-order valence-electron chi connectivity index (χ3n) is 9.94. The van der Waals surface area contributed by atoms with E-state index in [4.69, 9.17) is 0 Å². The zero-order valence-electron chi connectivity index (χ0n) is 26.1. The highest BCUT2D eigenvalue weighted by molar-refractivity contribution is 5.89. The molecule has 0 fully saturated rings. The van der Waals surface area contributed by atoms with E-state index in [2.05, 4.69) is 193 Å². The molecular weight excluding hydrogens is 567 g/mol. The summed E-state index contributed by atoms with van der Waals surface area (Å²) in [5.74, 6) is 0. The summed E-state index contributed by atoms with van der Waals surface area (Å²) in [6.45, 7) is 0. The molecule has 0 amide bonds. The maximum atomic E-state index is 2.46. The van der Waals surface area contributed by atoms with E-state index in [1.165, 1.54) is 55.6 Å². The van der Waals surface area contributed by atoms with E-state index >= 15 is 0 Å². The summed E-state index contributed by atoms with van der Waals surface area (Å²) >= 11 is 0. The molecular formula is C46H33N. The maximum absolute atomic E-state index is 2.46. The highest BCUT2D eigenvalue weighted by atomic mass is 15.1. The zero-order chi connectivity index (χ0) is 31.2. The van der Waals surface area contributed by atoms with Crippen molar-refractivity contribution in [3.8, 4) is 33.4 Å². The van der Waals surface area contributed by atoms with Gasteiger partial charge in [-0.25, -0.2) is 0 Å². The van der Waals surface area contributed by atoms with Crippen LogP contribution in [0.2, 0.25) is 0 Å². The zero-order valence-corrected chi connectivity index (χ0v) is 26.1. The van der Waals surface area contributed by atoms with Gasteiger partial charge in [0.25, 0.3) is 0 Å². The minimum absolute atomic E-state index is 0.323. The number of hydrogen-bond acceptors (Lipinski definition) is 1. The van der Waals surface area contributed by atoms with Gasteiger partial charge in [0, 0.05) is 17.1 Å². The van der Waals surface area contributed by atoms with E-state index < -0.39 is 0 Å². The molecule has 0 aliphatic heterocycles. The normalized spacial score (nSPS) is 15.6. The average Bonchev–Trinajstić information content (AvgIpc) is 3.42. The molecule has 1 heteroatoms. The van der Waals surface area contributed by atoms with Crippen molar-refractivity contribution < 1.29 is 0 Å². The van der Waals surface area contributed by atoms with E-state index in [0.29, 0.717) is 0 Å². The number of nitrogens with zero attached hydrogens (tertiary/aromatic N) is 1. The van der Waals surface area contributed by atoms with Gasteiger partial charge in [-0.15, -0.1) is 0 Å². The van der Waals surface area contributed by atoms with E-state index in [-0.39, 0.29) is 5.41 Å². The van der Waals surface area contributed by atoms with Crippen molar-refractivity contribution in [1.82, 2.24) is 0 Å². The summed E-state index contributed by atoms with van der Waals surface area (Å²) in [6.07, 6.45) is 5.78. The molecule has 9 rings (SSSR count). The van der Waals surface area contributed by atoms with Gasteiger partial charge in [-0.2, -0.15) is 0 Å². The Labute approximate surface area is 276 Å². The number of allylic oxidation sites excluding steroid dienone is 2. The van der Waals surface area contributed by atoms with Crippen LogP contribution in [0.4, 0.5) is 17.1 Å².